The highest BCUT2D eigenvalue weighted by molar-refractivity contribution is 5.78. The molecule has 0 N–H and O–H groups in total. The Hall–Kier alpha value is -0.530. The Labute approximate surface area is 79.7 Å². The van der Waals surface area contributed by atoms with E-state index in [1.165, 1.54) is 19.3 Å². The first-order valence-corrected chi connectivity index (χ1v) is 5.28. The Kier molecular flexibility index (Phi) is 1.90. The maximum Gasteiger partial charge on any atom is 0.311 e. The number of hydrogen-bond acceptors (Lipinski definition) is 2. The van der Waals surface area contributed by atoms with Crippen molar-refractivity contribution in [1.29, 1.82) is 0 Å². The highest BCUT2D eigenvalue weighted by Crippen LogP contribution is 2.64. The SMILES string of the molecule is CCOC(=O)C1(C)CC2(CCC2)C1. The third-order valence-electron chi connectivity index (χ3n) is 3.71. The fraction of sp³-hybridized carbons (Fsp3) is 0.909. The summed E-state index contributed by atoms with van der Waals surface area (Å²) in [5, 5.41) is 0. The van der Waals surface area contributed by atoms with Gasteiger partial charge >= 0.3 is 5.97 Å². The minimum Gasteiger partial charge on any atom is -0.466 e. The van der Waals surface area contributed by atoms with E-state index in [0.29, 0.717) is 12.0 Å². The molecule has 2 aliphatic carbocycles. The molecule has 2 aliphatic rings. The van der Waals surface area contributed by atoms with Gasteiger partial charge in [-0.05, 0) is 44.9 Å². The van der Waals surface area contributed by atoms with Gasteiger partial charge in [0, 0.05) is 0 Å². The Bertz CT molecular complexity index is 220. The molecular weight excluding hydrogens is 164 g/mol. The van der Waals surface area contributed by atoms with Gasteiger partial charge in [0.25, 0.3) is 0 Å². The summed E-state index contributed by atoms with van der Waals surface area (Å²) in [5.41, 5.74) is 0.415. The van der Waals surface area contributed by atoms with E-state index in [-0.39, 0.29) is 11.4 Å². The van der Waals surface area contributed by atoms with Crippen LogP contribution in [0, 0.1) is 10.8 Å². The molecule has 0 aliphatic heterocycles. The lowest BCUT2D eigenvalue weighted by molar-refractivity contribution is -0.177. The van der Waals surface area contributed by atoms with E-state index in [1.54, 1.807) is 0 Å². The second-order valence-corrected chi connectivity index (χ2v) is 4.99. The first-order chi connectivity index (χ1) is 6.10. The second kappa shape index (κ2) is 2.73. The average molecular weight is 182 g/mol. The van der Waals surface area contributed by atoms with E-state index >= 15 is 0 Å². The van der Waals surface area contributed by atoms with Crippen LogP contribution >= 0.6 is 0 Å². The third-order valence-corrected chi connectivity index (χ3v) is 3.71. The molecule has 0 saturated heterocycles. The molecule has 0 heterocycles. The zero-order chi connectivity index (χ0) is 9.53. The van der Waals surface area contributed by atoms with Gasteiger partial charge in [0.1, 0.15) is 0 Å². The molecule has 13 heavy (non-hydrogen) atoms. The monoisotopic (exact) mass is 182 g/mol. The third kappa shape index (κ3) is 1.27. The van der Waals surface area contributed by atoms with Crippen LogP contribution in [-0.2, 0) is 9.53 Å². The number of carbonyl (C=O) groups is 1. The molecule has 0 bridgehead atoms. The van der Waals surface area contributed by atoms with Gasteiger partial charge in [0.15, 0.2) is 0 Å². The van der Waals surface area contributed by atoms with E-state index in [1.807, 2.05) is 6.92 Å². The maximum atomic E-state index is 11.6. The molecule has 0 atom stereocenters. The topological polar surface area (TPSA) is 26.3 Å². The number of rotatable bonds is 2. The maximum absolute atomic E-state index is 11.6. The first-order valence-electron chi connectivity index (χ1n) is 5.28. The van der Waals surface area contributed by atoms with Crippen LogP contribution < -0.4 is 0 Å². The summed E-state index contributed by atoms with van der Waals surface area (Å²) < 4.78 is 5.07. The van der Waals surface area contributed by atoms with Crippen molar-refractivity contribution >= 4 is 5.97 Å². The molecule has 2 fully saturated rings. The van der Waals surface area contributed by atoms with Crippen molar-refractivity contribution in [2.24, 2.45) is 10.8 Å². The van der Waals surface area contributed by atoms with Crippen LogP contribution in [0.4, 0.5) is 0 Å². The standard InChI is InChI=1S/C11H18O2/c1-3-13-9(12)10(2)7-11(8-10)5-4-6-11/h3-8H2,1-2H3. The van der Waals surface area contributed by atoms with Crippen molar-refractivity contribution in [3.63, 3.8) is 0 Å². The van der Waals surface area contributed by atoms with Gasteiger partial charge in [-0.25, -0.2) is 0 Å². The average Bonchev–Trinajstić information content (AvgIpc) is 1.95. The van der Waals surface area contributed by atoms with E-state index in [9.17, 15) is 4.79 Å². The van der Waals surface area contributed by atoms with Gasteiger partial charge in [0.05, 0.1) is 12.0 Å². The Morgan fingerprint density at radius 3 is 2.38 bits per heavy atom. The van der Waals surface area contributed by atoms with Crippen molar-refractivity contribution in [3.8, 4) is 0 Å². The lowest BCUT2D eigenvalue weighted by Gasteiger charge is -2.58. The molecule has 0 aromatic rings. The van der Waals surface area contributed by atoms with Gasteiger partial charge < -0.3 is 4.74 Å². The predicted molar refractivity (Wildman–Crippen MR) is 50.3 cm³/mol. The van der Waals surface area contributed by atoms with Crippen LogP contribution in [-0.4, -0.2) is 12.6 Å². The Morgan fingerprint density at radius 2 is 2.00 bits per heavy atom. The van der Waals surface area contributed by atoms with Crippen LogP contribution in [0.25, 0.3) is 0 Å². The van der Waals surface area contributed by atoms with Gasteiger partial charge in [-0.1, -0.05) is 6.42 Å². The van der Waals surface area contributed by atoms with Crippen LogP contribution in [0.5, 0.6) is 0 Å². The molecule has 0 radical (unpaired) electrons. The zero-order valence-electron chi connectivity index (χ0n) is 8.56. The molecule has 0 aromatic heterocycles. The highest BCUT2D eigenvalue weighted by Gasteiger charge is 2.58. The molecule has 2 nitrogen and oxygen atoms in total. The van der Waals surface area contributed by atoms with Gasteiger partial charge in [-0.2, -0.15) is 0 Å². The quantitative estimate of drug-likeness (QED) is 0.613. The zero-order valence-corrected chi connectivity index (χ0v) is 8.56. The molecule has 0 unspecified atom stereocenters. The summed E-state index contributed by atoms with van der Waals surface area (Å²) in [6.07, 6.45) is 6.17. The number of hydrogen-bond donors (Lipinski definition) is 0. The van der Waals surface area contributed by atoms with Gasteiger partial charge in [-0.15, -0.1) is 0 Å². The molecule has 2 heteroatoms. The van der Waals surface area contributed by atoms with E-state index in [0.717, 1.165) is 12.8 Å². The summed E-state index contributed by atoms with van der Waals surface area (Å²) in [6, 6.07) is 0. The van der Waals surface area contributed by atoms with Crippen LogP contribution in [0.1, 0.15) is 46.0 Å². The van der Waals surface area contributed by atoms with Crippen molar-refractivity contribution in [2.75, 3.05) is 6.61 Å². The number of carbonyl (C=O) groups excluding carboxylic acids is 1. The lowest BCUT2D eigenvalue weighted by Crippen LogP contribution is -2.53. The molecular formula is C11H18O2. The van der Waals surface area contributed by atoms with E-state index < -0.39 is 0 Å². The van der Waals surface area contributed by atoms with Crippen molar-refractivity contribution in [3.05, 3.63) is 0 Å². The second-order valence-electron chi connectivity index (χ2n) is 4.99. The van der Waals surface area contributed by atoms with Crippen molar-refractivity contribution in [2.45, 2.75) is 46.0 Å². The smallest absolute Gasteiger partial charge is 0.311 e. The summed E-state index contributed by atoms with van der Waals surface area (Å²) in [7, 11) is 0. The predicted octanol–water partition coefficient (Wildman–Crippen LogP) is 2.52. The molecule has 0 amide bonds. The number of ether oxygens (including phenoxy) is 1. The van der Waals surface area contributed by atoms with Crippen LogP contribution in [0.15, 0.2) is 0 Å². The summed E-state index contributed by atoms with van der Waals surface area (Å²) in [5.74, 6) is 0.0209. The summed E-state index contributed by atoms with van der Waals surface area (Å²) in [4.78, 5) is 11.6. The van der Waals surface area contributed by atoms with Crippen LogP contribution in [0.3, 0.4) is 0 Å². The molecule has 1 spiro atoms. The van der Waals surface area contributed by atoms with Crippen molar-refractivity contribution < 1.29 is 9.53 Å². The first kappa shape index (κ1) is 9.04. The minimum atomic E-state index is -0.142. The fourth-order valence-corrected chi connectivity index (χ4v) is 3.08. The highest BCUT2D eigenvalue weighted by atomic mass is 16.5. The lowest BCUT2D eigenvalue weighted by atomic mass is 9.46. The Balaban J connectivity index is 1.90. The van der Waals surface area contributed by atoms with E-state index in [4.69, 9.17) is 4.74 Å². The number of esters is 1. The van der Waals surface area contributed by atoms with Gasteiger partial charge in [-0.3, -0.25) is 4.79 Å². The minimum absolute atomic E-state index is 0.0209. The van der Waals surface area contributed by atoms with Gasteiger partial charge in [0.2, 0.25) is 0 Å². The Morgan fingerprint density at radius 1 is 1.38 bits per heavy atom. The normalized spacial score (nSPS) is 27.5. The van der Waals surface area contributed by atoms with E-state index in [2.05, 4.69) is 6.92 Å². The summed E-state index contributed by atoms with van der Waals surface area (Å²) >= 11 is 0. The largest absolute Gasteiger partial charge is 0.466 e. The summed E-state index contributed by atoms with van der Waals surface area (Å²) in [6.45, 7) is 4.44. The molecule has 2 rings (SSSR count). The van der Waals surface area contributed by atoms with Crippen LogP contribution in [0.2, 0.25) is 0 Å². The molecule has 0 aromatic carbocycles. The molecule has 74 valence electrons. The molecule has 2 saturated carbocycles. The fourth-order valence-electron chi connectivity index (χ4n) is 3.08. The van der Waals surface area contributed by atoms with Crippen molar-refractivity contribution in [1.82, 2.24) is 0 Å².